The van der Waals surface area contributed by atoms with Gasteiger partial charge in [0.25, 0.3) is 11.8 Å². The van der Waals surface area contributed by atoms with E-state index in [2.05, 4.69) is 0 Å². The zero-order valence-electron chi connectivity index (χ0n) is 17.7. The van der Waals surface area contributed by atoms with Gasteiger partial charge in [-0.05, 0) is 25.7 Å². The highest BCUT2D eigenvalue weighted by atomic mass is 19.3. The molecule has 0 spiro atoms. The fourth-order valence-electron chi connectivity index (χ4n) is 2.69. The molecule has 0 saturated carbocycles. The minimum Gasteiger partial charge on any atom is -0.337 e. The molecule has 0 unspecified atom stereocenters. The first-order valence-electron chi connectivity index (χ1n) is 10.5. The van der Waals surface area contributed by atoms with Crippen LogP contribution in [0.1, 0.15) is 79.1 Å². The van der Waals surface area contributed by atoms with E-state index in [1.807, 2.05) is 27.7 Å². The molecule has 0 atom stereocenters. The predicted molar refractivity (Wildman–Crippen MR) is 103 cm³/mol. The minimum absolute atomic E-state index is 0.0232. The first kappa shape index (κ1) is 26.7. The molecule has 0 aromatic carbocycles. The number of carbonyl (C=O) groups excluding carboxylic acids is 2. The van der Waals surface area contributed by atoms with Crippen molar-refractivity contribution in [3.63, 3.8) is 0 Å². The van der Waals surface area contributed by atoms with Gasteiger partial charge in [-0.1, -0.05) is 53.4 Å². The van der Waals surface area contributed by atoms with Gasteiger partial charge >= 0.3 is 11.8 Å². The summed E-state index contributed by atoms with van der Waals surface area (Å²) >= 11 is 0. The molecule has 4 nitrogen and oxygen atoms in total. The molecular weight excluding hydrogens is 376 g/mol. The van der Waals surface area contributed by atoms with Crippen LogP contribution in [0.4, 0.5) is 17.6 Å². The van der Waals surface area contributed by atoms with Gasteiger partial charge < -0.3 is 9.80 Å². The van der Waals surface area contributed by atoms with Crippen molar-refractivity contribution < 1.29 is 27.2 Å². The topological polar surface area (TPSA) is 40.6 Å². The Morgan fingerprint density at radius 1 is 0.571 bits per heavy atom. The second kappa shape index (κ2) is 13.0. The van der Waals surface area contributed by atoms with Crippen LogP contribution in [-0.4, -0.2) is 59.6 Å². The van der Waals surface area contributed by atoms with Crippen LogP contribution in [0.15, 0.2) is 0 Å². The third-order valence-corrected chi connectivity index (χ3v) is 4.63. The standard InChI is InChI=1S/C20H36F4N2O2/c1-5-9-13-25(14-10-6-2)17(27)19(21,22)20(23,24)18(28)26(15-11-7-3)16-12-8-4/h5-16H2,1-4H3. The average Bonchev–Trinajstić information content (AvgIpc) is 2.67. The van der Waals surface area contributed by atoms with Crippen LogP contribution in [0.3, 0.4) is 0 Å². The SMILES string of the molecule is CCCCN(CCCC)C(=O)C(F)(F)C(F)(F)C(=O)N(CCCC)CCCC. The summed E-state index contributed by atoms with van der Waals surface area (Å²) in [7, 11) is 0. The third-order valence-electron chi connectivity index (χ3n) is 4.63. The van der Waals surface area contributed by atoms with Crippen molar-refractivity contribution in [3.05, 3.63) is 0 Å². The van der Waals surface area contributed by atoms with E-state index in [0.717, 1.165) is 9.80 Å². The van der Waals surface area contributed by atoms with Gasteiger partial charge in [0.05, 0.1) is 0 Å². The van der Waals surface area contributed by atoms with Gasteiger partial charge in [0.2, 0.25) is 0 Å². The highest BCUT2D eigenvalue weighted by molar-refractivity contribution is 5.95. The highest BCUT2D eigenvalue weighted by Crippen LogP contribution is 2.38. The summed E-state index contributed by atoms with van der Waals surface area (Å²) in [4.78, 5) is 26.2. The number of halogens is 4. The second-order valence-electron chi connectivity index (χ2n) is 7.15. The van der Waals surface area contributed by atoms with Crippen LogP contribution in [0.2, 0.25) is 0 Å². The number of carbonyl (C=O) groups is 2. The Balaban J connectivity index is 5.56. The molecule has 0 aromatic rings. The lowest BCUT2D eigenvalue weighted by Crippen LogP contribution is -2.61. The summed E-state index contributed by atoms with van der Waals surface area (Å²) in [6, 6.07) is 0. The Labute approximate surface area is 166 Å². The lowest BCUT2D eigenvalue weighted by Gasteiger charge is -2.33. The summed E-state index contributed by atoms with van der Waals surface area (Å²) in [6.45, 7) is 7.18. The molecule has 0 bridgehead atoms. The molecule has 0 rings (SSSR count). The summed E-state index contributed by atoms with van der Waals surface area (Å²) in [6.07, 6.45) is 4.29. The average molecular weight is 413 g/mol. The molecule has 0 aliphatic carbocycles. The molecule has 0 N–H and O–H groups in total. The van der Waals surface area contributed by atoms with Gasteiger partial charge in [0.15, 0.2) is 0 Å². The van der Waals surface area contributed by atoms with E-state index in [1.165, 1.54) is 0 Å². The maximum atomic E-state index is 14.6. The third kappa shape index (κ3) is 7.24. The molecule has 166 valence electrons. The van der Waals surface area contributed by atoms with Crippen LogP contribution < -0.4 is 0 Å². The van der Waals surface area contributed by atoms with E-state index in [0.29, 0.717) is 51.4 Å². The Hall–Kier alpha value is -1.34. The lowest BCUT2D eigenvalue weighted by molar-refractivity contribution is -0.223. The van der Waals surface area contributed by atoms with E-state index < -0.39 is 23.7 Å². The number of amides is 2. The van der Waals surface area contributed by atoms with Gasteiger partial charge in [-0.3, -0.25) is 9.59 Å². The molecule has 0 saturated heterocycles. The zero-order chi connectivity index (χ0) is 21.8. The van der Waals surface area contributed by atoms with Crippen LogP contribution in [0.5, 0.6) is 0 Å². The van der Waals surface area contributed by atoms with Crippen molar-refractivity contribution >= 4 is 11.8 Å². The maximum absolute atomic E-state index is 14.6. The molecule has 0 heterocycles. The van der Waals surface area contributed by atoms with Gasteiger partial charge in [-0.15, -0.1) is 0 Å². The molecular formula is C20H36F4N2O2. The molecule has 0 radical (unpaired) electrons. The van der Waals surface area contributed by atoms with Gasteiger partial charge in [-0.25, -0.2) is 0 Å². The van der Waals surface area contributed by atoms with Crippen molar-refractivity contribution in [3.8, 4) is 0 Å². The van der Waals surface area contributed by atoms with Crippen molar-refractivity contribution in [2.75, 3.05) is 26.2 Å². The zero-order valence-corrected chi connectivity index (χ0v) is 17.7. The van der Waals surface area contributed by atoms with Crippen LogP contribution in [0.25, 0.3) is 0 Å². The normalized spacial score (nSPS) is 12.1. The first-order chi connectivity index (χ1) is 13.1. The summed E-state index contributed by atoms with van der Waals surface area (Å²) < 4.78 is 58.3. The van der Waals surface area contributed by atoms with Crippen molar-refractivity contribution in [1.29, 1.82) is 0 Å². The number of nitrogens with zero attached hydrogens (tertiary/aromatic N) is 2. The van der Waals surface area contributed by atoms with E-state index in [-0.39, 0.29) is 26.2 Å². The first-order valence-corrected chi connectivity index (χ1v) is 10.5. The monoisotopic (exact) mass is 412 g/mol. The molecule has 0 aliphatic heterocycles. The van der Waals surface area contributed by atoms with Gasteiger partial charge in [0, 0.05) is 26.2 Å². The second-order valence-corrected chi connectivity index (χ2v) is 7.15. The fourth-order valence-corrected chi connectivity index (χ4v) is 2.69. The molecule has 0 aliphatic rings. The molecule has 28 heavy (non-hydrogen) atoms. The summed E-state index contributed by atoms with van der Waals surface area (Å²) in [5, 5.41) is 0. The summed E-state index contributed by atoms with van der Waals surface area (Å²) in [5.74, 6) is -14.1. The lowest BCUT2D eigenvalue weighted by atomic mass is 10.1. The van der Waals surface area contributed by atoms with Gasteiger partial charge in [-0.2, -0.15) is 17.6 Å². The number of unbranched alkanes of at least 4 members (excludes halogenated alkanes) is 4. The number of hydrogen-bond donors (Lipinski definition) is 0. The predicted octanol–water partition coefficient (Wildman–Crippen LogP) is 5.11. The molecule has 0 fully saturated rings. The number of alkyl halides is 4. The van der Waals surface area contributed by atoms with Crippen molar-refractivity contribution in [2.45, 2.75) is 90.9 Å². The molecule has 2 amide bonds. The Morgan fingerprint density at radius 3 is 0.964 bits per heavy atom. The molecule has 0 aromatic heterocycles. The Bertz CT molecular complexity index is 415. The van der Waals surface area contributed by atoms with Crippen LogP contribution in [0, 0.1) is 0 Å². The van der Waals surface area contributed by atoms with E-state index in [1.54, 1.807) is 0 Å². The Morgan fingerprint density at radius 2 is 0.786 bits per heavy atom. The van der Waals surface area contributed by atoms with E-state index in [9.17, 15) is 27.2 Å². The smallest absolute Gasteiger partial charge is 0.337 e. The quantitative estimate of drug-likeness (QED) is 0.351. The fraction of sp³-hybridized carbons (Fsp3) is 0.900. The summed E-state index contributed by atoms with van der Waals surface area (Å²) in [5.41, 5.74) is 0. The van der Waals surface area contributed by atoms with E-state index >= 15 is 0 Å². The minimum atomic E-state index is -5.07. The van der Waals surface area contributed by atoms with E-state index in [4.69, 9.17) is 0 Å². The van der Waals surface area contributed by atoms with Crippen molar-refractivity contribution in [1.82, 2.24) is 9.80 Å². The van der Waals surface area contributed by atoms with Crippen LogP contribution >= 0.6 is 0 Å². The molecule has 8 heteroatoms. The Kier molecular flexibility index (Phi) is 12.4. The van der Waals surface area contributed by atoms with Crippen molar-refractivity contribution in [2.24, 2.45) is 0 Å². The largest absolute Gasteiger partial charge is 0.395 e. The number of rotatable bonds is 15. The van der Waals surface area contributed by atoms with Gasteiger partial charge in [0.1, 0.15) is 0 Å². The highest BCUT2D eigenvalue weighted by Gasteiger charge is 2.68. The van der Waals surface area contributed by atoms with Crippen LogP contribution in [-0.2, 0) is 9.59 Å². The number of hydrogen-bond acceptors (Lipinski definition) is 2. The maximum Gasteiger partial charge on any atom is 0.395 e.